The molecule has 2 aromatic carbocycles. The van der Waals surface area contributed by atoms with Crippen molar-refractivity contribution in [3.63, 3.8) is 0 Å². The van der Waals surface area contributed by atoms with E-state index in [4.69, 9.17) is 11.6 Å². The van der Waals surface area contributed by atoms with E-state index in [0.29, 0.717) is 11.3 Å². The number of rotatable bonds is 2. The summed E-state index contributed by atoms with van der Waals surface area (Å²) in [6.45, 7) is 1.87. The molecule has 0 N–H and O–H groups in total. The van der Waals surface area contributed by atoms with Crippen molar-refractivity contribution in [2.45, 2.75) is 6.92 Å². The second-order valence-corrected chi connectivity index (χ2v) is 5.36. The first-order valence-electron chi connectivity index (χ1n) is 6.60. The first-order chi connectivity index (χ1) is 10.5. The van der Waals surface area contributed by atoms with Gasteiger partial charge in [-0.3, -0.25) is 9.59 Å². The van der Waals surface area contributed by atoms with Gasteiger partial charge in [0, 0.05) is 0 Å². The maximum atomic E-state index is 13.0. The molecule has 2 amide bonds. The fourth-order valence-corrected chi connectivity index (χ4v) is 2.65. The lowest BCUT2D eigenvalue weighted by Crippen LogP contribution is -2.31. The number of carbonyl (C=O) groups excluding carboxylic acids is 2. The molecule has 0 bridgehead atoms. The lowest BCUT2D eigenvalue weighted by Gasteiger charge is -2.15. The minimum Gasteiger partial charge on any atom is -0.268 e. The normalized spacial score (nSPS) is 15.0. The minimum atomic E-state index is -0.573. The summed E-state index contributed by atoms with van der Waals surface area (Å²) in [5, 5.41) is -0.155. The van der Waals surface area contributed by atoms with E-state index in [1.54, 1.807) is 18.2 Å². The van der Waals surface area contributed by atoms with Gasteiger partial charge in [0.2, 0.25) is 0 Å². The van der Waals surface area contributed by atoms with Crippen molar-refractivity contribution in [3.05, 3.63) is 70.5 Å². The standard InChI is InChI=1S/C17H11ClFNO2/c1-10-3-2-4-13(9-10)20-16(21)14(15(18)17(20)22)11-5-7-12(19)8-6-11/h2-9H,1H3. The molecule has 1 heterocycles. The Morgan fingerprint density at radius 1 is 1.00 bits per heavy atom. The van der Waals surface area contributed by atoms with Crippen molar-refractivity contribution < 1.29 is 14.0 Å². The number of hydrogen-bond donors (Lipinski definition) is 0. The number of imide groups is 1. The number of amides is 2. The van der Waals surface area contributed by atoms with Gasteiger partial charge in [0.15, 0.2) is 0 Å². The molecule has 1 aliphatic rings. The molecule has 0 unspecified atom stereocenters. The molecule has 3 rings (SSSR count). The second kappa shape index (κ2) is 5.39. The highest BCUT2D eigenvalue weighted by Gasteiger charge is 2.39. The molecule has 5 heteroatoms. The zero-order chi connectivity index (χ0) is 15.9. The summed E-state index contributed by atoms with van der Waals surface area (Å²) in [7, 11) is 0. The van der Waals surface area contributed by atoms with E-state index in [9.17, 15) is 14.0 Å². The first-order valence-corrected chi connectivity index (χ1v) is 6.98. The van der Waals surface area contributed by atoms with Crippen LogP contribution >= 0.6 is 11.6 Å². The average Bonchev–Trinajstić information content (AvgIpc) is 2.71. The molecule has 0 atom stereocenters. The van der Waals surface area contributed by atoms with Crippen LogP contribution in [0.4, 0.5) is 10.1 Å². The Hall–Kier alpha value is -2.46. The van der Waals surface area contributed by atoms with E-state index in [1.807, 2.05) is 13.0 Å². The quantitative estimate of drug-likeness (QED) is 0.793. The Labute approximate surface area is 131 Å². The van der Waals surface area contributed by atoms with Gasteiger partial charge >= 0.3 is 0 Å². The monoisotopic (exact) mass is 315 g/mol. The van der Waals surface area contributed by atoms with Crippen LogP contribution in [0.1, 0.15) is 11.1 Å². The highest BCUT2D eigenvalue weighted by molar-refractivity contribution is 6.60. The van der Waals surface area contributed by atoms with Gasteiger partial charge < -0.3 is 0 Å². The molecule has 22 heavy (non-hydrogen) atoms. The molecule has 0 fully saturated rings. The maximum absolute atomic E-state index is 13.0. The van der Waals surface area contributed by atoms with Crippen molar-refractivity contribution in [2.75, 3.05) is 4.90 Å². The molecular weight excluding hydrogens is 305 g/mol. The average molecular weight is 316 g/mol. The number of aryl methyl sites for hydroxylation is 1. The zero-order valence-electron chi connectivity index (χ0n) is 11.6. The van der Waals surface area contributed by atoms with Crippen molar-refractivity contribution in [3.8, 4) is 0 Å². The smallest absolute Gasteiger partial charge is 0.268 e. The Kier molecular flexibility index (Phi) is 3.54. The van der Waals surface area contributed by atoms with Crippen molar-refractivity contribution in [1.82, 2.24) is 0 Å². The van der Waals surface area contributed by atoms with Crippen LogP contribution in [0.5, 0.6) is 0 Å². The van der Waals surface area contributed by atoms with Crippen LogP contribution in [-0.2, 0) is 9.59 Å². The summed E-state index contributed by atoms with van der Waals surface area (Å²) in [6, 6.07) is 12.3. The third kappa shape index (κ3) is 2.31. The SMILES string of the molecule is Cc1cccc(N2C(=O)C(Cl)=C(c3ccc(F)cc3)C2=O)c1. The van der Waals surface area contributed by atoms with E-state index < -0.39 is 17.6 Å². The summed E-state index contributed by atoms with van der Waals surface area (Å²) in [5.41, 5.74) is 1.89. The van der Waals surface area contributed by atoms with Gasteiger partial charge in [-0.2, -0.15) is 0 Å². The Bertz CT molecular complexity index is 812. The lowest BCUT2D eigenvalue weighted by molar-refractivity contribution is -0.119. The Morgan fingerprint density at radius 2 is 1.68 bits per heavy atom. The van der Waals surface area contributed by atoms with Gasteiger partial charge in [-0.25, -0.2) is 9.29 Å². The minimum absolute atomic E-state index is 0.0909. The van der Waals surface area contributed by atoms with Gasteiger partial charge in [0.1, 0.15) is 10.8 Å². The van der Waals surface area contributed by atoms with Crippen molar-refractivity contribution in [2.24, 2.45) is 0 Å². The summed E-state index contributed by atoms with van der Waals surface area (Å²) in [6.07, 6.45) is 0. The predicted octanol–water partition coefficient (Wildman–Crippen LogP) is 3.66. The summed E-state index contributed by atoms with van der Waals surface area (Å²) >= 11 is 6.06. The molecule has 0 spiro atoms. The number of carbonyl (C=O) groups is 2. The van der Waals surface area contributed by atoms with Gasteiger partial charge in [-0.1, -0.05) is 35.9 Å². The fourth-order valence-electron chi connectivity index (χ4n) is 2.37. The highest BCUT2D eigenvalue weighted by Crippen LogP contribution is 2.34. The van der Waals surface area contributed by atoms with E-state index in [2.05, 4.69) is 0 Å². The van der Waals surface area contributed by atoms with Crippen LogP contribution in [0.15, 0.2) is 53.6 Å². The predicted molar refractivity (Wildman–Crippen MR) is 82.8 cm³/mol. The van der Waals surface area contributed by atoms with Crippen LogP contribution in [0.2, 0.25) is 0 Å². The van der Waals surface area contributed by atoms with E-state index >= 15 is 0 Å². The molecule has 110 valence electrons. The molecule has 0 aromatic heterocycles. The molecule has 0 saturated carbocycles. The van der Waals surface area contributed by atoms with E-state index in [0.717, 1.165) is 10.5 Å². The molecule has 0 aliphatic carbocycles. The van der Waals surface area contributed by atoms with Crippen LogP contribution in [0, 0.1) is 12.7 Å². The van der Waals surface area contributed by atoms with Gasteiger partial charge in [0.05, 0.1) is 11.3 Å². The number of nitrogens with zero attached hydrogens (tertiary/aromatic N) is 1. The molecule has 2 aromatic rings. The third-order valence-electron chi connectivity index (χ3n) is 3.42. The lowest BCUT2D eigenvalue weighted by atomic mass is 10.1. The molecule has 0 radical (unpaired) electrons. The van der Waals surface area contributed by atoms with E-state index in [-0.39, 0.29) is 10.6 Å². The van der Waals surface area contributed by atoms with Crippen LogP contribution < -0.4 is 4.90 Å². The summed E-state index contributed by atoms with van der Waals surface area (Å²) in [4.78, 5) is 25.9. The number of benzene rings is 2. The van der Waals surface area contributed by atoms with Crippen LogP contribution in [-0.4, -0.2) is 11.8 Å². The largest absolute Gasteiger partial charge is 0.277 e. The molecule has 1 aliphatic heterocycles. The Balaban J connectivity index is 2.05. The molecule has 0 saturated heterocycles. The second-order valence-electron chi connectivity index (χ2n) is 4.98. The zero-order valence-corrected chi connectivity index (χ0v) is 12.4. The topological polar surface area (TPSA) is 37.4 Å². The fraction of sp³-hybridized carbons (Fsp3) is 0.0588. The van der Waals surface area contributed by atoms with Gasteiger partial charge in [-0.15, -0.1) is 0 Å². The van der Waals surface area contributed by atoms with Crippen LogP contribution in [0.25, 0.3) is 5.57 Å². The van der Waals surface area contributed by atoms with Gasteiger partial charge in [0.25, 0.3) is 11.8 Å². The van der Waals surface area contributed by atoms with Crippen molar-refractivity contribution in [1.29, 1.82) is 0 Å². The van der Waals surface area contributed by atoms with E-state index in [1.165, 1.54) is 24.3 Å². The summed E-state index contributed by atoms with van der Waals surface area (Å²) in [5.74, 6) is -1.50. The van der Waals surface area contributed by atoms with Gasteiger partial charge in [-0.05, 0) is 42.3 Å². The molecule has 3 nitrogen and oxygen atoms in total. The van der Waals surface area contributed by atoms with Crippen LogP contribution in [0.3, 0.4) is 0 Å². The summed E-state index contributed by atoms with van der Waals surface area (Å²) < 4.78 is 13.0. The van der Waals surface area contributed by atoms with Crippen molar-refractivity contribution >= 4 is 34.7 Å². The Morgan fingerprint density at radius 3 is 2.32 bits per heavy atom. The number of anilines is 1. The first kappa shape index (κ1) is 14.5. The maximum Gasteiger partial charge on any atom is 0.277 e. The highest BCUT2D eigenvalue weighted by atomic mass is 35.5. The molecular formula is C17H11ClFNO2. The number of halogens is 2. The third-order valence-corrected chi connectivity index (χ3v) is 3.77. The number of hydrogen-bond acceptors (Lipinski definition) is 2.